The van der Waals surface area contributed by atoms with E-state index in [1.807, 2.05) is 0 Å². The lowest BCUT2D eigenvalue weighted by atomic mass is 9.83. The maximum absolute atomic E-state index is 6.72. The molecule has 0 N–H and O–H groups in total. The molecule has 0 aromatic heterocycles. The summed E-state index contributed by atoms with van der Waals surface area (Å²) >= 11 is 0. The minimum Gasteiger partial charge on any atom is -0.456 e. The van der Waals surface area contributed by atoms with Crippen LogP contribution in [0, 0.1) is 0 Å². The highest BCUT2D eigenvalue weighted by Gasteiger charge is 2.27. The van der Waals surface area contributed by atoms with Gasteiger partial charge in [-0.1, -0.05) is 76.2 Å². The molecule has 0 unspecified atom stereocenters. The smallest absolute Gasteiger partial charge is 0.136 e. The van der Waals surface area contributed by atoms with Crippen LogP contribution in [-0.4, -0.2) is 0 Å². The number of hydrogen-bond donors (Lipinski definition) is 0. The summed E-state index contributed by atoms with van der Waals surface area (Å²) in [5.74, 6) is 0. The third-order valence-electron chi connectivity index (χ3n) is 9.44. The third kappa shape index (κ3) is 3.38. The van der Waals surface area contributed by atoms with E-state index >= 15 is 0 Å². The summed E-state index contributed by atoms with van der Waals surface area (Å²) in [6.07, 6.45) is 3.98. The minimum absolute atomic E-state index is 0.900. The first-order valence-electron chi connectivity index (χ1n) is 15.4. The molecular weight excluding hydrogens is 512 g/mol. The quantitative estimate of drug-likeness (QED) is 0.153. The highest BCUT2D eigenvalue weighted by atomic mass is 16.3. The van der Waals surface area contributed by atoms with Gasteiger partial charge in [0.05, 0.1) is 0 Å². The lowest BCUT2D eigenvalue weighted by Gasteiger charge is -2.23. The van der Waals surface area contributed by atoms with Crippen molar-refractivity contribution in [1.29, 1.82) is 0 Å². The standard InChI is InChI=1S/C40H34O2/c1-5-23-11-9-12-24(6-2)35(23)27-15-19-31-37-29(27)17-21-33-39(37)40-34(41-31)22-18-30-28(16-20-32(42-33)38(30)40)36-25(7-3)13-10-14-26(36)8-4/h9-22H,5-8H2,1-4H3. The Bertz CT molecular complexity index is 2030. The molecule has 0 aliphatic carbocycles. The largest absolute Gasteiger partial charge is 0.456 e. The molecule has 0 amide bonds. The summed E-state index contributed by atoms with van der Waals surface area (Å²) in [6, 6.07) is 31.1. The number of rotatable bonds is 6. The van der Waals surface area contributed by atoms with Crippen molar-refractivity contribution in [2.45, 2.75) is 53.4 Å². The summed E-state index contributed by atoms with van der Waals surface area (Å²) in [6.45, 7) is 9.00. The van der Waals surface area contributed by atoms with Gasteiger partial charge in [0, 0.05) is 21.9 Å². The van der Waals surface area contributed by atoms with Crippen LogP contribution < -0.4 is 0 Å². The van der Waals surface area contributed by atoms with Crippen molar-refractivity contribution < 1.29 is 8.83 Å². The van der Waals surface area contributed by atoms with Gasteiger partial charge in [-0.3, -0.25) is 0 Å². The normalized spacial score (nSPS) is 12.2. The van der Waals surface area contributed by atoms with Gasteiger partial charge in [-0.05, 0) is 117 Å². The SMILES string of the molecule is CCc1cccc(CC)c1-c1ccc2oc3ccc4c(-c5c(CC)cccc5CC)ccc5oc6ccc1c2c6-c3c54. The van der Waals surface area contributed by atoms with E-state index in [0.29, 0.717) is 0 Å². The maximum atomic E-state index is 6.72. The second-order valence-electron chi connectivity index (χ2n) is 11.5. The van der Waals surface area contributed by atoms with Gasteiger partial charge in [0.25, 0.3) is 0 Å². The Labute approximate surface area is 246 Å². The Morgan fingerprint density at radius 3 is 1.10 bits per heavy atom. The molecule has 2 aliphatic rings. The maximum Gasteiger partial charge on any atom is 0.136 e. The van der Waals surface area contributed by atoms with E-state index in [2.05, 4.69) is 113 Å². The molecule has 2 nitrogen and oxygen atoms in total. The summed E-state index contributed by atoms with van der Waals surface area (Å²) in [5, 5.41) is 4.74. The average molecular weight is 547 g/mol. The lowest BCUT2D eigenvalue weighted by molar-refractivity contribution is 0.646. The zero-order valence-electron chi connectivity index (χ0n) is 24.7. The number of aryl methyl sites for hydroxylation is 4. The van der Waals surface area contributed by atoms with E-state index in [0.717, 1.165) is 69.9 Å². The zero-order chi connectivity index (χ0) is 28.5. The highest BCUT2D eigenvalue weighted by Crippen LogP contribution is 2.51. The van der Waals surface area contributed by atoms with Crippen LogP contribution in [0.25, 0.3) is 77.3 Å². The molecule has 8 rings (SSSR count). The van der Waals surface area contributed by atoms with E-state index in [1.54, 1.807) is 0 Å². The Morgan fingerprint density at radius 1 is 0.381 bits per heavy atom. The molecule has 0 atom stereocenters. The minimum atomic E-state index is 0.900. The molecule has 2 heteroatoms. The number of hydrogen-bond acceptors (Lipinski definition) is 2. The first kappa shape index (κ1) is 25.2. The summed E-state index contributed by atoms with van der Waals surface area (Å²) < 4.78 is 13.4. The van der Waals surface area contributed by atoms with E-state index < -0.39 is 0 Å². The molecule has 0 radical (unpaired) electrons. The Balaban J connectivity index is 1.50. The van der Waals surface area contributed by atoms with Gasteiger partial charge in [-0.25, -0.2) is 0 Å². The Hall–Kier alpha value is -4.56. The van der Waals surface area contributed by atoms with Gasteiger partial charge in [-0.2, -0.15) is 0 Å². The highest BCUT2D eigenvalue weighted by molar-refractivity contribution is 6.26. The summed E-state index contributed by atoms with van der Waals surface area (Å²) in [4.78, 5) is 0. The van der Waals surface area contributed by atoms with Crippen LogP contribution in [0.15, 0.2) is 93.8 Å². The van der Waals surface area contributed by atoms with Crippen LogP contribution in [0.4, 0.5) is 0 Å². The van der Waals surface area contributed by atoms with E-state index in [4.69, 9.17) is 8.83 Å². The van der Waals surface area contributed by atoms with Crippen LogP contribution in [0.1, 0.15) is 49.9 Å². The monoisotopic (exact) mass is 546 g/mol. The molecular formula is C40H34O2. The summed E-state index contributed by atoms with van der Waals surface area (Å²) in [7, 11) is 0. The predicted molar refractivity (Wildman–Crippen MR) is 177 cm³/mol. The van der Waals surface area contributed by atoms with Crippen molar-refractivity contribution in [3.63, 3.8) is 0 Å². The fourth-order valence-electron chi connectivity index (χ4n) is 7.48. The van der Waals surface area contributed by atoms with Crippen molar-refractivity contribution in [2.75, 3.05) is 0 Å². The molecule has 0 saturated heterocycles. The van der Waals surface area contributed by atoms with Gasteiger partial charge >= 0.3 is 0 Å². The van der Waals surface area contributed by atoms with Crippen molar-refractivity contribution in [3.05, 3.63) is 107 Å². The van der Waals surface area contributed by atoms with Gasteiger partial charge in [0.1, 0.15) is 22.3 Å². The van der Waals surface area contributed by atoms with E-state index in [-0.39, 0.29) is 0 Å². The Morgan fingerprint density at radius 2 is 0.738 bits per heavy atom. The Kier molecular flexibility index (Phi) is 5.69. The zero-order valence-corrected chi connectivity index (χ0v) is 24.7. The molecule has 206 valence electrons. The first-order chi connectivity index (χ1) is 20.7. The van der Waals surface area contributed by atoms with Gasteiger partial charge in [-0.15, -0.1) is 0 Å². The molecule has 6 aromatic rings. The van der Waals surface area contributed by atoms with Crippen molar-refractivity contribution >= 4 is 43.9 Å². The van der Waals surface area contributed by atoms with Crippen LogP contribution in [0.3, 0.4) is 0 Å². The topological polar surface area (TPSA) is 26.3 Å². The number of benzene rings is 6. The molecule has 0 spiro atoms. The third-order valence-corrected chi connectivity index (χ3v) is 9.44. The van der Waals surface area contributed by atoms with E-state index in [1.165, 1.54) is 55.3 Å². The van der Waals surface area contributed by atoms with Gasteiger partial charge in [0.2, 0.25) is 0 Å². The molecule has 6 aromatic carbocycles. The van der Waals surface area contributed by atoms with Gasteiger partial charge < -0.3 is 8.83 Å². The van der Waals surface area contributed by atoms with Crippen LogP contribution in [0.2, 0.25) is 0 Å². The van der Waals surface area contributed by atoms with E-state index in [9.17, 15) is 0 Å². The average Bonchev–Trinajstić information content (AvgIpc) is 3.05. The summed E-state index contributed by atoms with van der Waals surface area (Å²) in [5.41, 5.74) is 16.7. The van der Waals surface area contributed by atoms with Gasteiger partial charge in [0.15, 0.2) is 0 Å². The first-order valence-corrected chi connectivity index (χ1v) is 15.4. The molecule has 0 bridgehead atoms. The van der Waals surface area contributed by atoms with Crippen LogP contribution in [-0.2, 0) is 25.7 Å². The predicted octanol–water partition coefficient (Wildman–Crippen LogP) is 11.6. The van der Waals surface area contributed by atoms with Crippen molar-refractivity contribution in [1.82, 2.24) is 0 Å². The van der Waals surface area contributed by atoms with Crippen LogP contribution in [0.5, 0.6) is 0 Å². The molecule has 42 heavy (non-hydrogen) atoms. The van der Waals surface area contributed by atoms with Crippen LogP contribution >= 0.6 is 0 Å². The van der Waals surface area contributed by atoms with Crippen molar-refractivity contribution in [3.8, 4) is 33.4 Å². The molecule has 0 saturated carbocycles. The second-order valence-corrected chi connectivity index (χ2v) is 11.5. The fourth-order valence-corrected chi connectivity index (χ4v) is 7.48. The fraction of sp³-hybridized carbons (Fsp3) is 0.200. The molecule has 2 aliphatic heterocycles. The molecule has 2 heterocycles. The van der Waals surface area contributed by atoms with Crippen molar-refractivity contribution in [2.24, 2.45) is 0 Å². The molecule has 0 fully saturated rings. The second kappa shape index (κ2) is 9.49. The lowest BCUT2D eigenvalue weighted by Crippen LogP contribution is -1.99.